The minimum atomic E-state index is -0.0271. The molecule has 1 fully saturated rings. The van der Waals surface area contributed by atoms with Gasteiger partial charge in [-0.05, 0) is 45.7 Å². The summed E-state index contributed by atoms with van der Waals surface area (Å²) in [5, 5.41) is 0. The number of nitrogens with zero attached hydrogens (tertiary/aromatic N) is 3. The number of aromatic nitrogens is 2. The Labute approximate surface area is 127 Å². The molecule has 1 aromatic heterocycles. The molecule has 0 radical (unpaired) electrons. The van der Waals surface area contributed by atoms with E-state index in [0.717, 1.165) is 36.9 Å². The van der Waals surface area contributed by atoms with Gasteiger partial charge in [0, 0.05) is 30.5 Å². The number of hydrogen-bond donors (Lipinski definition) is 1. The fourth-order valence-electron chi connectivity index (χ4n) is 3.02. The van der Waals surface area contributed by atoms with Gasteiger partial charge in [-0.2, -0.15) is 0 Å². The summed E-state index contributed by atoms with van der Waals surface area (Å²) in [6.07, 6.45) is -0.0271. The number of rotatable bonds is 4. The minimum Gasteiger partial charge on any atom is -0.368 e. The van der Waals surface area contributed by atoms with E-state index in [1.54, 1.807) is 0 Å². The van der Waals surface area contributed by atoms with Gasteiger partial charge < -0.3 is 10.5 Å². The molecule has 0 amide bonds. The summed E-state index contributed by atoms with van der Waals surface area (Å²) < 4.78 is 5.89. The number of morpholine rings is 1. The Kier molecular flexibility index (Phi) is 5.30. The van der Waals surface area contributed by atoms with E-state index in [1.807, 2.05) is 13.8 Å². The number of hydrogen-bond acceptors (Lipinski definition) is 5. The smallest absolute Gasteiger partial charge is 0.158 e. The lowest BCUT2D eigenvalue weighted by Gasteiger charge is -2.35. The first kappa shape index (κ1) is 16.3. The zero-order valence-electron chi connectivity index (χ0n) is 13.9. The van der Waals surface area contributed by atoms with Gasteiger partial charge in [0.15, 0.2) is 5.82 Å². The Hall–Kier alpha value is -1.04. The average Bonchev–Trinajstić information content (AvgIpc) is 2.46. The fraction of sp³-hybridized carbons (Fsp3) is 0.750. The predicted molar refractivity (Wildman–Crippen MR) is 84.4 cm³/mol. The molecule has 0 spiro atoms. The van der Waals surface area contributed by atoms with Gasteiger partial charge in [-0.25, -0.2) is 9.97 Å². The summed E-state index contributed by atoms with van der Waals surface area (Å²) in [4.78, 5) is 11.8. The van der Waals surface area contributed by atoms with Gasteiger partial charge in [0.05, 0.1) is 6.61 Å². The van der Waals surface area contributed by atoms with Crippen LogP contribution in [-0.2, 0) is 4.74 Å². The van der Waals surface area contributed by atoms with E-state index in [1.165, 1.54) is 5.56 Å². The molecule has 21 heavy (non-hydrogen) atoms. The largest absolute Gasteiger partial charge is 0.368 e. The van der Waals surface area contributed by atoms with Crippen molar-refractivity contribution < 1.29 is 4.74 Å². The lowest BCUT2D eigenvalue weighted by Crippen LogP contribution is -2.42. The standard InChI is InChI=1S/C16H28N4O/c1-10(2)20-6-7-21-14(9-20)16-18-12(4)15(11(3)8-17)13(5)19-16/h10-11,14H,6-9,17H2,1-5H3. The van der Waals surface area contributed by atoms with Crippen LogP contribution in [0.4, 0.5) is 0 Å². The van der Waals surface area contributed by atoms with Crippen molar-refractivity contribution in [3.05, 3.63) is 22.8 Å². The molecule has 2 unspecified atom stereocenters. The molecule has 0 aromatic carbocycles. The molecule has 1 aliphatic heterocycles. The van der Waals surface area contributed by atoms with Gasteiger partial charge >= 0.3 is 0 Å². The van der Waals surface area contributed by atoms with Crippen LogP contribution in [0.2, 0.25) is 0 Å². The maximum Gasteiger partial charge on any atom is 0.158 e. The highest BCUT2D eigenvalue weighted by Gasteiger charge is 2.27. The van der Waals surface area contributed by atoms with Crippen molar-refractivity contribution in [1.29, 1.82) is 0 Å². The van der Waals surface area contributed by atoms with Crippen LogP contribution in [0.3, 0.4) is 0 Å². The Morgan fingerprint density at radius 3 is 2.38 bits per heavy atom. The molecule has 0 saturated carbocycles. The van der Waals surface area contributed by atoms with Crippen molar-refractivity contribution in [1.82, 2.24) is 14.9 Å². The van der Waals surface area contributed by atoms with Crippen molar-refractivity contribution in [3.8, 4) is 0 Å². The number of aryl methyl sites for hydroxylation is 2. The van der Waals surface area contributed by atoms with Gasteiger partial charge in [0.25, 0.3) is 0 Å². The lowest BCUT2D eigenvalue weighted by atomic mass is 9.98. The fourth-order valence-corrected chi connectivity index (χ4v) is 3.02. The first-order valence-electron chi connectivity index (χ1n) is 7.84. The molecule has 0 bridgehead atoms. The van der Waals surface area contributed by atoms with Crippen molar-refractivity contribution in [2.75, 3.05) is 26.2 Å². The third kappa shape index (κ3) is 3.59. The molecule has 118 valence electrons. The Morgan fingerprint density at radius 2 is 1.86 bits per heavy atom. The zero-order chi connectivity index (χ0) is 15.6. The minimum absolute atomic E-state index is 0.0271. The molecule has 2 rings (SSSR count). The molecule has 0 aliphatic carbocycles. The van der Waals surface area contributed by atoms with Crippen molar-refractivity contribution in [2.24, 2.45) is 5.73 Å². The molecular formula is C16H28N4O. The monoisotopic (exact) mass is 292 g/mol. The lowest BCUT2D eigenvalue weighted by molar-refractivity contribution is -0.0444. The summed E-state index contributed by atoms with van der Waals surface area (Å²) in [6, 6.07) is 0.523. The van der Waals surface area contributed by atoms with Crippen LogP contribution in [0.15, 0.2) is 0 Å². The van der Waals surface area contributed by atoms with Gasteiger partial charge in [-0.3, -0.25) is 4.90 Å². The van der Waals surface area contributed by atoms with E-state index in [0.29, 0.717) is 18.5 Å². The Bertz CT molecular complexity index is 466. The molecule has 1 saturated heterocycles. The predicted octanol–water partition coefficient (Wildman–Crippen LogP) is 1.94. The third-order valence-electron chi connectivity index (χ3n) is 4.31. The summed E-state index contributed by atoms with van der Waals surface area (Å²) >= 11 is 0. The second-order valence-electron chi connectivity index (χ2n) is 6.25. The van der Waals surface area contributed by atoms with E-state index in [2.05, 4.69) is 25.7 Å². The van der Waals surface area contributed by atoms with E-state index < -0.39 is 0 Å². The SMILES string of the molecule is Cc1nc(C2CN(C(C)C)CCO2)nc(C)c1C(C)CN. The first-order valence-corrected chi connectivity index (χ1v) is 7.84. The van der Waals surface area contributed by atoms with Crippen LogP contribution >= 0.6 is 0 Å². The maximum atomic E-state index is 5.89. The average molecular weight is 292 g/mol. The molecule has 5 heteroatoms. The summed E-state index contributed by atoms with van der Waals surface area (Å²) in [5.41, 5.74) is 9.02. The molecule has 2 N–H and O–H groups in total. The number of ether oxygens (including phenoxy) is 1. The normalized spacial score (nSPS) is 21.8. The highest BCUT2D eigenvalue weighted by molar-refractivity contribution is 5.28. The van der Waals surface area contributed by atoms with Gasteiger partial charge in [0.2, 0.25) is 0 Å². The highest BCUT2D eigenvalue weighted by atomic mass is 16.5. The summed E-state index contributed by atoms with van der Waals surface area (Å²) in [7, 11) is 0. The van der Waals surface area contributed by atoms with E-state index in [4.69, 9.17) is 20.4 Å². The van der Waals surface area contributed by atoms with Crippen molar-refractivity contribution in [3.63, 3.8) is 0 Å². The molecule has 2 heterocycles. The second-order valence-corrected chi connectivity index (χ2v) is 6.25. The Morgan fingerprint density at radius 1 is 1.24 bits per heavy atom. The van der Waals surface area contributed by atoms with E-state index in [9.17, 15) is 0 Å². The van der Waals surface area contributed by atoms with Crippen LogP contribution < -0.4 is 5.73 Å². The van der Waals surface area contributed by atoms with Crippen LogP contribution in [0, 0.1) is 13.8 Å². The van der Waals surface area contributed by atoms with Gasteiger partial charge in [-0.1, -0.05) is 6.92 Å². The maximum absolute atomic E-state index is 5.89. The topological polar surface area (TPSA) is 64.3 Å². The molecule has 5 nitrogen and oxygen atoms in total. The van der Waals surface area contributed by atoms with Crippen LogP contribution in [0.1, 0.15) is 55.6 Å². The quantitative estimate of drug-likeness (QED) is 0.918. The van der Waals surface area contributed by atoms with Crippen LogP contribution in [0.5, 0.6) is 0 Å². The summed E-state index contributed by atoms with van der Waals surface area (Å²) in [6.45, 7) is 13.8. The van der Waals surface area contributed by atoms with Crippen molar-refractivity contribution in [2.45, 2.75) is 52.7 Å². The summed E-state index contributed by atoms with van der Waals surface area (Å²) in [5.74, 6) is 1.10. The molecule has 1 aromatic rings. The van der Waals surface area contributed by atoms with Gasteiger partial charge in [-0.15, -0.1) is 0 Å². The van der Waals surface area contributed by atoms with Crippen molar-refractivity contribution >= 4 is 0 Å². The third-order valence-corrected chi connectivity index (χ3v) is 4.31. The first-order chi connectivity index (χ1) is 9.93. The second kappa shape index (κ2) is 6.81. The zero-order valence-corrected chi connectivity index (χ0v) is 13.9. The molecule has 2 atom stereocenters. The van der Waals surface area contributed by atoms with E-state index in [-0.39, 0.29) is 6.10 Å². The van der Waals surface area contributed by atoms with E-state index >= 15 is 0 Å². The highest BCUT2D eigenvalue weighted by Crippen LogP contribution is 2.25. The molecule has 1 aliphatic rings. The number of nitrogens with two attached hydrogens (primary N) is 1. The van der Waals surface area contributed by atoms with Gasteiger partial charge in [0.1, 0.15) is 6.10 Å². The molecular weight excluding hydrogens is 264 g/mol. The van der Waals surface area contributed by atoms with Crippen LogP contribution in [0.25, 0.3) is 0 Å². The van der Waals surface area contributed by atoms with Crippen LogP contribution in [-0.4, -0.2) is 47.2 Å². The Balaban J connectivity index is 2.25.